The summed E-state index contributed by atoms with van der Waals surface area (Å²) >= 11 is 0. The summed E-state index contributed by atoms with van der Waals surface area (Å²) in [7, 11) is 0. The maximum atomic E-state index is 13.4. The number of hydrogen-bond donors (Lipinski definition) is 9. The summed E-state index contributed by atoms with van der Waals surface area (Å²) in [5.41, 5.74) is 0. The Labute approximate surface area is 550 Å². The molecule has 2 heterocycles. The predicted molar refractivity (Wildman–Crippen MR) is 369 cm³/mol. The number of carbonyl (C=O) groups excluding carboxylic acids is 1. The highest BCUT2D eigenvalue weighted by Crippen LogP contribution is 2.30. The van der Waals surface area contributed by atoms with E-state index in [9.17, 15) is 45.6 Å². The highest BCUT2D eigenvalue weighted by molar-refractivity contribution is 5.76. The number of aliphatic hydroxyl groups excluding tert-OH is 8. The maximum absolute atomic E-state index is 13.4. The first-order chi connectivity index (χ1) is 44.1. The molecule has 2 aliphatic rings. The summed E-state index contributed by atoms with van der Waals surface area (Å²) in [6.07, 6.45) is 62.8. The topological polar surface area (TPSA) is 228 Å². The molecule has 2 saturated heterocycles. The van der Waals surface area contributed by atoms with Gasteiger partial charge in [-0.3, -0.25) is 4.79 Å². The molecule has 2 fully saturated rings. The van der Waals surface area contributed by atoms with Gasteiger partial charge in [0.1, 0.15) is 48.8 Å². The Morgan fingerprint density at radius 1 is 0.411 bits per heavy atom. The minimum absolute atomic E-state index is 0.201. The molecule has 0 aromatic rings. The highest BCUT2D eigenvalue weighted by Gasteiger charge is 2.51. The van der Waals surface area contributed by atoms with Crippen molar-refractivity contribution in [2.45, 2.75) is 408 Å². The van der Waals surface area contributed by atoms with E-state index in [0.717, 1.165) is 77.0 Å². The molecule has 0 bridgehead atoms. The lowest BCUT2D eigenvalue weighted by Crippen LogP contribution is -2.65. The molecule has 9 N–H and O–H groups in total. The summed E-state index contributed by atoms with van der Waals surface area (Å²) in [6.45, 7) is 2.80. The maximum Gasteiger partial charge on any atom is 0.220 e. The quantitative estimate of drug-likeness (QED) is 0.0204. The lowest BCUT2D eigenvalue weighted by molar-refractivity contribution is -0.359. The van der Waals surface area contributed by atoms with Crippen LogP contribution in [0.25, 0.3) is 0 Å². The number of rotatable bonds is 63. The van der Waals surface area contributed by atoms with E-state index < -0.39 is 86.8 Å². The largest absolute Gasteiger partial charge is 0.394 e. The summed E-state index contributed by atoms with van der Waals surface area (Å²) in [4.78, 5) is 13.4. The number of carbonyl (C=O) groups is 1. The smallest absolute Gasteiger partial charge is 0.220 e. The molecule has 1 amide bonds. The van der Waals surface area contributed by atoms with Gasteiger partial charge in [-0.05, 0) is 51.4 Å². The van der Waals surface area contributed by atoms with Crippen LogP contribution in [-0.4, -0.2) is 140 Å². The molecule has 0 aromatic carbocycles. The van der Waals surface area contributed by atoms with Crippen LogP contribution in [0.4, 0.5) is 0 Å². The molecule has 2 rings (SSSR count). The average Bonchev–Trinajstić information content (AvgIpc) is 1.42. The van der Waals surface area contributed by atoms with Crippen LogP contribution in [0.15, 0.2) is 48.6 Å². The number of amides is 1. The SMILES string of the molecule is CC/C=C\C/C=C\C/C=C\C/C=C\CCCCCCCCCCCCCCCCCCCCC(=O)NC(COC1OC(CO)C(OC2OC(CO)C(O)C(O)C2O)C(O)C1O)C(O)CCCCCCCCCCCCCCCCCCCCCCCCCCC. The van der Waals surface area contributed by atoms with Crippen LogP contribution in [-0.2, 0) is 23.7 Å². The standard InChI is InChI=1S/C76H141NO13/c1-3-5-7-9-11-13-15-17-19-21-23-25-27-29-30-31-32-33-34-36-38-40-42-44-46-48-50-52-54-56-58-60-68(81)77-64(63-87-75-73(86)71(84)74(67(62-79)89-75)90-76-72(85)70(83)69(82)66(61-78)88-76)65(80)59-57-55-53-51-49-47-45-43-41-39-37-35-28-26-24-22-20-18-16-14-12-10-8-6-4-2/h5,7,11,13,17,19,23,25,64-67,69-76,78-80,82-86H,3-4,6,8-10,12,14-16,18,20-22,24,26-63H2,1-2H3,(H,77,81)/b7-5-,13-11-,19-17-,25-23-. The van der Waals surface area contributed by atoms with Crippen molar-refractivity contribution in [3.63, 3.8) is 0 Å². The zero-order valence-corrected chi connectivity index (χ0v) is 57.6. The number of ether oxygens (including phenoxy) is 4. The highest BCUT2D eigenvalue weighted by atomic mass is 16.7. The van der Waals surface area contributed by atoms with Crippen molar-refractivity contribution in [2.75, 3.05) is 19.8 Å². The zero-order valence-electron chi connectivity index (χ0n) is 57.6. The van der Waals surface area contributed by atoms with Crippen LogP contribution >= 0.6 is 0 Å². The van der Waals surface area contributed by atoms with Crippen LogP contribution in [0.1, 0.15) is 335 Å². The summed E-state index contributed by atoms with van der Waals surface area (Å²) < 4.78 is 23.0. The zero-order chi connectivity index (χ0) is 65.2. The number of aliphatic hydroxyl groups is 8. The van der Waals surface area contributed by atoms with Gasteiger partial charge >= 0.3 is 0 Å². The van der Waals surface area contributed by atoms with Gasteiger partial charge in [-0.15, -0.1) is 0 Å². The molecule has 14 heteroatoms. The summed E-state index contributed by atoms with van der Waals surface area (Å²) in [6, 6.07) is -0.830. The van der Waals surface area contributed by atoms with Crippen LogP contribution in [0.5, 0.6) is 0 Å². The average molecular weight is 1280 g/mol. The molecule has 12 atom stereocenters. The Hall–Kier alpha value is -2.05. The molecule has 0 spiro atoms. The number of nitrogens with one attached hydrogen (secondary N) is 1. The van der Waals surface area contributed by atoms with Gasteiger partial charge in [-0.1, -0.05) is 326 Å². The molecule has 12 unspecified atom stereocenters. The Kier molecular flexibility index (Phi) is 56.6. The van der Waals surface area contributed by atoms with Crippen LogP contribution in [0.3, 0.4) is 0 Å². The van der Waals surface area contributed by atoms with E-state index in [1.165, 1.54) is 231 Å². The Morgan fingerprint density at radius 3 is 1.18 bits per heavy atom. The minimum atomic E-state index is -1.78. The second kappa shape index (κ2) is 60.6. The lowest BCUT2D eigenvalue weighted by Gasteiger charge is -2.46. The fraction of sp³-hybridized carbons (Fsp3) is 0.882. The number of allylic oxidation sites excluding steroid dienone is 8. The van der Waals surface area contributed by atoms with Crippen molar-refractivity contribution in [3.05, 3.63) is 48.6 Å². The monoisotopic (exact) mass is 1280 g/mol. The van der Waals surface area contributed by atoms with Gasteiger partial charge in [0.25, 0.3) is 0 Å². The number of unbranched alkanes of at least 4 members (excludes halogenated alkanes) is 42. The van der Waals surface area contributed by atoms with Crippen molar-refractivity contribution in [2.24, 2.45) is 0 Å². The number of hydrogen-bond acceptors (Lipinski definition) is 13. The van der Waals surface area contributed by atoms with E-state index in [4.69, 9.17) is 18.9 Å². The molecule has 0 radical (unpaired) electrons. The van der Waals surface area contributed by atoms with Crippen LogP contribution in [0, 0.1) is 0 Å². The van der Waals surface area contributed by atoms with Gasteiger partial charge in [0.15, 0.2) is 12.6 Å². The van der Waals surface area contributed by atoms with E-state index >= 15 is 0 Å². The van der Waals surface area contributed by atoms with Crippen molar-refractivity contribution < 1.29 is 64.6 Å². The predicted octanol–water partition coefficient (Wildman–Crippen LogP) is 16.2. The van der Waals surface area contributed by atoms with E-state index in [1.807, 2.05) is 0 Å². The third-order valence-electron chi connectivity index (χ3n) is 18.6. The normalized spacial score (nSPS) is 23.1. The molecular formula is C76H141NO13. The summed E-state index contributed by atoms with van der Waals surface area (Å²) in [5.74, 6) is -0.201. The first-order valence-electron chi connectivity index (χ1n) is 37.9. The first-order valence-corrected chi connectivity index (χ1v) is 37.9. The van der Waals surface area contributed by atoms with Gasteiger partial charge in [0.05, 0.1) is 32.0 Å². The van der Waals surface area contributed by atoms with Crippen molar-refractivity contribution in [1.82, 2.24) is 5.32 Å². The Bertz CT molecular complexity index is 1690. The van der Waals surface area contributed by atoms with Crippen molar-refractivity contribution >= 4 is 5.91 Å². The molecule has 0 aliphatic carbocycles. The third-order valence-corrected chi connectivity index (χ3v) is 18.6. The van der Waals surface area contributed by atoms with Crippen molar-refractivity contribution in [3.8, 4) is 0 Å². The first kappa shape index (κ1) is 84.0. The fourth-order valence-corrected chi connectivity index (χ4v) is 12.6. The molecule has 2 aliphatic heterocycles. The second-order valence-electron chi connectivity index (χ2n) is 26.8. The van der Waals surface area contributed by atoms with E-state index in [1.54, 1.807) is 0 Å². The molecule has 528 valence electrons. The van der Waals surface area contributed by atoms with E-state index in [0.29, 0.717) is 12.8 Å². The molecular weight excluding hydrogens is 1130 g/mol. The Morgan fingerprint density at radius 2 is 0.767 bits per heavy atom. The van der Waals surface area contributed by atoms with Gasteiger partial charge < -0.3 is 65.1 Å². The van der Waals surface area contributed by atoms with Gasteiger partial charge in [0.2, 0.25) is 5.91 Å². The van der Waals surface area contributed by atoms with Crippen molar-refractivity contribution in [1.29, 1.82) is 0 Å². The lowest BCUT2D eigenvalue weighted by atomic mass is 9.97. The second-order valence-corrected chi connectivity index (χ2v) is 26.8. The molecule has 0 saturated carbocycles. The van der Waals surface area contributed by atoms with Gasteiger partial charge in [-0.25, -0.2) is 0 Å². The van der Waals surface area contributed by atoms with E-state index in [-0.39, 0.29) is 12.5 Å². The fourth-order valence-electron chi connectivity index (χ4n) is 12.6. The Balaban J connectivity index is 1.63. The van der Waals surface area contributed by atoms with Gasteiger partial charge in [0, 0.05) is 6.42 Å². The molecule has 14 nitrogen and oxygen atoms in total. The van der Waals surface area contributed by atoms with Crippen LogP contribution in [0.2, 0.25) is 0 Å². The minimum Gasteiger partial charge on any atom is -0.394 e. The van der Waals surface area contributed by atoms with E-state index in [2.05, 4.69) is 67.8 Å². The third kappa shape index (κ3) is 43.8. The van der Waals surface area contributed by atoms with Gasteiger partial charge in [-0.2, -0.15) is 0 Å². The molecule has 0 aromatic heterocycles. The van der Waals surface area contributed by atoms with Crippen LogP contribution < -0.4 is 5.32 Å². The summed E-state index contributed by atoms with van der Waals surface area (Å²) in [5, 5.41) is 87.8. The molecule has 90 heavy (non-hydrogen) atoms.